The first-order valence-electron chi connectivity index (χ1n) is 8.91. The van der Waals surface area contributed by atoms with Gasteiger partial charge in [0.05, 0.1) is 5.56 Å². The van der Waals surface area contributed by atoms with Gasteiger partial charge >= 0.3 is 5.63 Å². The van der Waals surface area contributed by atoms with Gasteiger partial charge in [-0.25, -0.2) is 4.79 Å². The Labute approximate surface area is 160 Å². The Kier molecular flexibility index (Phi) is 4.73. The predicted molar refractivity (Wildman–Crippen MR) is 110 cm³/mol. The topological polar surface area (TPSA) is 59.2 Å². The van der Waals surface area contributed by atoms with E-state index in [1.165, 1.54) is 11.3 Å². The van der Waals surface area contributed by atoms with Gasteiger partial charge in [-0.1, -0.05) is 41.7 Å². The maximum atomic E-state index is 12.6. The van der Waals surface area contributed by atoms with Crippen molar-refractivity contribution in [1.29, 1.82) is 0 Å². The van der Waals surface area contributed by atoms with Gasteiger partial charge in [-0.2, -0.15) is 0 Å². The summed E-state index contributed by atoms with van der Waals surface area (Å²) in [6.07, 6.45) is 0. The first kappa shape index (κ1) is 17.4. The van der Waals surface area contributed by atoms with Crippen molar-refractivity contribution in [3.05, 3.63) is 65.0 Å². The molecule has 0 radical (unpaired) electrons. The molecule has 0 bridgehead atoms. The number of fused-ring (bicyclic) bond motifs is 1. The molecule has 2 aromatic carbocycles. The normalized spacial score (nSPS) is 11.0. The van der Waals surface area contributed by atoms with Crippen LogP contribution in [0.2, 0.25) is 0 Å². The van der Waals surface area contributed by atoms with Gasteiger partial charge in [0.1, 0.15) is 10.6 Å². The number of hydrogen-bond acceptors (Lipinski definition) is 6. The number of hydrogen-bond donors (Lipinski definition) is 0. The van der Waals surface area contributed by atoms with Crippen molar-refractivity contribution < 1.29 is 4.42 Å². The molecule has 0 aliphatic carbocycles. The summed E-state index contributed by atoms with van der Waals surface area (Å²) in [4.78, 5) is 14.8. The highest BCUT2D eigenvalue weighted by molar-refractivity contribution is 7.17. The van der Waals surface area contributed by atoms with Gasteiger partial charge in [-0.05, 0) is 32.0 Å². The largest absolute Gasteiger partial charge is 0.422 e. The summed E-state index contributed by atoms with van der Waals surface area (Å²) in [6.45, 7) is 6.01. The highest BCUT2D eigenvalue weighted by atomic mass is 32.1. The van der Waals surface area contributed by atoms with E-state index in [0.29, 0.717) is 16.2 Å². The third kappa shape index (κ3) is 3.36. The molecule has 0 amide bonds. The molecule has 2 aromatic heterocycles. The third-order valence-electron chi connectivity index (χ3n) is 4.52. The zero-order valence-corrected chi connectivity index (χ0v) is 16.0. The fourth-order valence-corrected chi connectivity index (χ4v) is 3.92. The van der Waals surface area contributed by atoms with Crippen LogP contribution in [0.4, 0.5) is 5.69 Å². The molecule has 0 spiro atoms. The minimum atomic E-state index is -0.394. The van der Waals surface area contributed by atoms with Crippen LogP contribution in [-0.4, -0.2) is 23.3 Å². The van der Waals surface area contributed by atoms with Gasteiger partial charge in [0.25, 0.3) is 0 Å². The molecule has 5 nitrogen and oxygen atoms in total. The van der Waals surface area contributed by atoms with Crippen molar-refractivity contribution in [2.24, 2.45) is 0 Å². The third-order valence-corrected chi connectivity index (χ3v) is 5.53. The van der Waals surface area contributed by atoms with E-state index < -0.39 is 5.63 Å². The standard InChI is InChI=1S/C21H19N3O2S/c1-3-24(4-2)16-11-10-15-12-17(21(25)26-18(15)13-16)20-23-22-19(27-20)14-8-6-5-7-9-14/h5-13H,3-4H2,1-2H3. The molecule has 0 N–H and O–H groups in total. The first-order chi connectivity index (χ1) is 13.2. The van der Waals surface area contributed by atoms with E-state index in [1.54, 1.807) is 0 Å². The zero-order valence-electron chi connectivity index (χ0n) is 15.2. The Balaban J connectivity index is 1.75. The fraction of sp³-hybridized carbons (Fsp3) is 0.190. The van der Waals surface area contributed by atoms with Crippen LogP contribution in [0.5, 0.6) is 0 Å². The molecule has 0 unspecified atom stereocenters. The van der Waals surface area contributed by atoms with Crippen LogP contribution >= 0.6 is 11.3 Å². The van der Waals surface area contributed by atoms with E-state index >= 15 is 0 Å². The summed E-state index contributed by atoms with van der Waals surface area (Å²) in [5.41, 5.74) is 2.66. The molecule has 27 heavy (non-hydrogen) atoms. The number of benzene rings is 2. The Morgan fingerprint density at radius 3 is 2.44 bits per heavy atom. The summed E-state index contributed by atoms with van der Waals surface area (Å²) in [6, 6.07) is 17.6. The number of anilines is 1. The summed E-state index contributed by atoms with van der Waals surface area (Å²) < 4.78 is 5.60. The first-order valence-corrected chi connectivity index (χ1v) is 9.73. The molecule has 0 saturated carbocycles. The second kappa shape index (κ2) is 7.32. The highest BCUT2D eigenvalue weighted by Crippen LogP contribution is 2.30. The Hall–Kier alpha value is -2.99. The van der Waals surface area contributed by atoms with Crippen molar-refractivity contribution in [3.8, 4) is 21.1 Å². The Morgan fingerprint density at radius 1 is 0.963 bits per heavy atom. The SMILES string of the molecule is CCN(CC)c1ccc2cc(-c3nnc(-c4ccccc4)s3)c(=O)oc2c1. The lowest BCUT2D eigenvalue weighted by Gasteiger charge is -2.20. The highest BCUT2D eigenvalue weighted by Gasteiger charge is 2.15. The second-order valence-electron chi connectivity index (χ2n) is 6.12. The summed E-state index contributed by atoms with van der Waals surface area (Å²) >= 11 is 1.39. The molecule has 4 aromatic rings. The minimum absolute atomic E-state index is 0.394. The van der Waals surface area contributed by atoms with Crippen molar-refractivity contribution in [1.82, 2.24) is 10.2 Å². The Bertz CT molecular complexity index is 1130. The van der Waals surface area contributed by atoms with Gasteiger partial charge in [-0.15, -0.1) is 10.2 Å². The molecule has 6 heteroatoms. The average molecular weight is 377 g/mol. The van der Waals surface area contributed by atoms with Crippen molar-refractivity contribution in [2.45, 2.75) is 13.8 Å². The molecule has 0 aliphatic rings. The molecular weight excluding hydrogens is 358 g/mol. The number of aromatic nitrogens is 2. The minimum Gasteiger partial charge on any atom is -0.422 e. The molecule has 0 atom stereocenters. The molecule has 0 saturated heterocycles. The number of rotatable bonds is 5. The average Bonchev–Trinajstić information content (AvgIpc) is 3.19. The number of nitrogens with zero attached hydrogens (tertiary/aromatic N) is 3. The molecular formula is C21H19N3O2S. The fourth-order valence-electron chi connectivity index (χ4n) is 3.06. The van der Waals surface area contributed by atoms with Gasteiger partial charge in [0, 0.05) is 35.8 Å². The van der Waals surface area contributed by atoms with Crippen LogP contribution in [-0.2, 0) is 0 Å². The van der Waals surface area contributed by atoms with E-state index in [0.717, 1.165) is 34.7 Å². The van der Waals surface area contributed by atoms with E-state index in [2.05, 4.69) is 35.0 Å². The monoisotopic (exact) mass is 377 g/mol. The van der Waals surface area contributed by atoms with Crippen LogP contribution < -0.4 is 10.5 Å². The van der Waals surface area contributed by atoms with Gasteiger partial charge in [-0.3, -0.25) is 0 Å². The van der Waals surface area contributed by atoms with E-state index in [9.17, 15) is 4.79 Å². The van der Waals surface area contributed by atoms with Crippen LogP contribution in [0, 0.1) is 0 Å². The summed E-state index contributed by atoms with van der Waals surface area (Å²) in [7, 11) is 0. The zero-order chi connectivity index (χ0) is 18.8. The van der Waals surface area contributed by atoms with Gasteiger partial charge in [0.15, 0.2) is 5.01 Å². The Morgan fingerprint density at radius 2 is 1.70 bits per heavy atom. The quantitative estimate of drug-likeness (QED) is 0.467. The molecule has 136 valence electrons. The van der Waals surface area contributed by atoms with Crippen LogP contribution in [0.25, 0.3) is 32.1 Å². The lowest BCUT2D eigenvalue weighted by Crippen LogP contribution is -2.21. The molecule has 0 aliphatic heterocycles. The van der Waals surface area contributed by atoms with Crippen molar-refractivity contribution >= 4 is 28.0 Å². The maximum Gasteiger partial charge on any atom is 0.346 e. The lowest BCUT2D eigenvalue weighted by molar-refractivity contribution is 0.563. The second-order valence-corrected chi connectivity index (χ2v) is 7.10. The van der Waals surface area contributed by atoms with Gasteiger partial charge < -0.3 is 9.32 Å². The van der Waals surface area contributed by atoms with Crippen LogP contribution in [0.1, 0.15) is 13.8 Å². The molecule has 4 rings (SSSR count). The van der Waals surface area contributed by atoms with Crippen LogP contribution in [0.15, 0.2) is 63.8 Å². The molecule has 0 fully saturated rings. The van der Waals surface area contributed by atoms with Crippen molar-refractivity contribution in [2.75, 3.05) is 18.0 Å². The molecule has 2 heterocycles. The van der Waals surface area contributed by atoms with Crippen LogP contribution in [0.3, 0.4) is 0 Å². The van der Waals surface area contributed by atoms with Crippen molar-refractivity contribution in [3.63, 3.8) is 0 Å². The van der Waals surface area contributed by atoms with E-state index in [-0.39, 0.29) is 0 Å². The van der Waals surface area contributed by atoms with E-state index in [1.807, 2.05) is 48.5 Å². The maximum absolute atomic E-state index is 12.6. The van der Waals surface area contributed by atoms with Gasteiger partial charge in [0.2, 0.25) is 0 Å². The summed E-state index contributed by atoms with van der Waals surface area (Å²) in [5.74, 6) is 0. The summed E-state index contributed by atoms with van der Waals surface area (Å²) in [5, 5.41) is 10.6. The predicted octanol–water partition coefficient (Wildman–Crippen LogP) is 4.82. The van der Waals surface area contributed by atoms with E-state index in [4.69, 9.17) is 4.42 Å². The smallest absolute Gasteiger partial charge is 0.346 e. The lowest BCUT2D eigenvalue weighted by atomic mass is 10.1.